The van der Waals surface area contributed by atoms with E-state index in [0.29, 0.717) is 0 Å². The van der Waals surface area contributed by atoms with Gasteiger partial charge in [0.05, 0.1) is 5.69 Å². The fourth-order valence-electron chi connectivity index (χ4n) is 0.491. The van der Waals surface area contributed by atoms with Gasteiger partial charge in [-0.2, -0.15) is 0 Å². The minimum absolute atomic E-state index is 0. The molecule has 0 aliphatic carbocycles. The fraction of sp³-hybridized carbons (Fsp3) is 0.400. The quantitative estimate of drug-likeness (QED) is 0.555. The second-order valence-corrected chi connectivity index (χ2v) is 1.58. The lowest BCUT2D eigenvalue weighted by atomic mass is 10.4. The van der Waals surface area contributed by atoms with E-state index >= 15 is 0 Å². The van der Waals surface area contributed by atoms with Crippen LogP contribution in [0.25, 0.3) is 0 Å². The summed E-state index contributed by atoms with van der Waals surface area (Å²) < 4.78 is 4.71. The molecule has 1 rings (SSSR count). The molecule has 0 unspecified atom stereocenters. The summed E-state index contributed by atoms with van der Waals surface area (Å²) in [7, 11) is 0. The molecule has 1 aromatic heterocycles. The number of aryl methyl sites for hydroxylation is 2. The van der Waals surface area contributed by atoms with Gasteiger partial charge in [-0.1, -0.05) is 5.16 Å². The Kier molecular flexibility index (Phi) is 2.21. The Morgan fingerprint density at radius 3 is 2.25 bits per heavy atom. The van der Waals surface area contributed by atoms with Gasteiger partial charge in [0, 0.05) is 6.07 Å². The van der Waals surface area contributed by atoms with Crippen LogP contribution in [0.4, 0.5) is 0 Å². The van der Waals surface area contributed by atoms with Crippen molar-refractivity contribution in [2.24, 2.45) is 0 Å². The second kappa shape index (κ2) is 2.47. The summed E-state index contributed by atoms with van der Waals surface area (Å²) in [5.74, 6) is 0.873. The molecule has 1 aromatic rings. The Hall–Kier alpha value is -0.830. The zero-order chi connectivity index (χ0) is 5.28. The first-order chi connectivity index (χ1) is 3.29. The molecule has 0 spiro atoms. The summed E-state index contributed by atoms with van der Waals surface area (Å²) in [5.41, 5.74) is 0.942. The van der Waals surface area contributed by atoms with Crippen LogP contribution in [0.1, 0.15) is 11.5 Å². The van der Waals surface area contributed by atoms with Crippen molar-refractivity contribution < 1.29 is 4.52 Å². The molecule has 0 bridgehead atoms. The highest BCUT2D eigenvalue weighted by Gasteiger charge is 1.88. The third kappa shape index (κ3) is 1.35. The molecular weight excluding hydrogens is 104 g/mol. The van der Waals surface area contributed by atoms with Gasteiger partial charge in [-0.3, -0.25) is 0 Å². The highest BCUT2D eigenvalue weighted by Crippen LogP contribution is 1.96. The zero-order valence-electron chi connectivity index (χ0n) is 5.14. The molecule has 0 saturated carbocycles. The molecule has 0 aromatic carbocycles. The molecule has 1 heterocycles. The summed E-state index contributed by atoms with van der Waals surface area (Å²) >= 11 is 0. The zero-order valence-corrected chi connectivity index (χ0v) is 5.14. The normalized spacial score (nSPS) is 8.25. The molecule has 8 heavy (non-hydrogen) atoms. The minimum atomic E-state index is 0. The van der Waals surface area contributed by atoms with Crippen LogP contribution in [-0.2, 0) is 0 Å². The molecule has 0 radical (unpaired) electrons. The SMILES string of the molecule is Cc1cc(C)on1.N. The van der Waals surface area contributed by atoms with Crippen molar-refractivity contribution in [3.63, 3.8) is 0 Å². The van der Waals surface area contributed by atoms with Crippen LogP contribution < -0.4 is 6.15 Å². The standard InChI is InChI=1S/C5H7NO.H3N/c1-4-3-5(2)7-6-4;/h3H,1-2H3;1H3. The Morgan fingerprint density at radius 1 is 1.50 bits per heavy atom. The lowest BCUT2D eigenvalue weighted by molar-refractivity contribution is 0.393. The maximum absolute atomic E-state index is 4.71. The molecule has 46 valence electrons. The molecule has 0 fully saturated rings. The van der Waals surface area contributed by atoms with Gasteiger partial charge in [0.1, 0.15) is 5.76 Å². The van der Waals surface area contributed by atoms with Crippen molar-refractivity contribution in [3.05, 3.63) is 17.5 Å². The molecule has 0 saturated heterocycles. The molecule has 3 heteroatoms. The Bertz CT molecular complexity index is 143. The van der Waals surface area contributed by atoms with E-state index in [1.165, 1.54) is 0 Å². The highest BCUT2D eigenvalue weighted by atomic mass is 16.5. The van der Waals surface area contributed by atoms with E-state index in [1.54, 1.807) is 0 Å². The average Bonchev–Trinajstić information content (AvgIpc) is 1.87. The van der Waals surface area contributed by atoms with Gasteiger partial charge in [0.2, 0.25) is 0 Å². The summed E-state index contributed by atoms with van der Waals surface area (Å²) in [6.07, 6.45) is 0. The first-order valence-corrected chi connectivity index (χ1v) is 2.19. The summed E-state index contributed by atoms with van der Waals surface area (Å²) in [6, 6.07) is 1.89. The number of rotatable bonds is 0. The number of hydrogen-bond acceptors (Lipinski definition) is 3. The van der Waals surface area contributed by atoms with E-state index in [2.05, 4.69) is 5.16 Å². The van der Waals surface area contributed by atoms with Crippen molar-refractivity contribution in [3.8, 4) is 0 Å². The van der Waals surface area contributed by atoms with Crippen LogP contribution >= 0.6 is 0 Å². The Morgan fingerprint density at radius 2 is 2.12 bits per heavy atom. The molecule has 0 amide bonds. The van der Waals surface area contributed by atoms with E-state index in [9.17, 15) is 0 Å². The van der Waals surface area contributed by atoms with Crippen LogP contribution in [0.5, 0.6) is 0 Å². The van der Waals surface area contributed by atoms with Crippen molar-refractivity contribution >= 4 is 0 Å². The number of aromatic nitrogens is 1. The predicted molar refractivity (Wildman–Crippen MR) is 31.0 cm³/mol. The van der Waals surface area contributed by atoms with Crippen LogP contribution in [0, 0.1) is 13.8 Å². The Labute approximate surface area is 48.3 Å². The van der Waals surface area contributed by atoms with Crippen molar-refractivity contribution in [1.29, 1.82) is 0 Å². The van der Waals surface area contributed by atoms with Crippen LogP contribution in [-0.4, -0.2) is 5.16 Å². The maximum atomic E-state index is 4.71. The molecule has 0 aliphatic rings. The van der Waals surface area contributed by atoms with Gasteiger partial charge in [-0.15, -0.1) is 0 Å². The first-order valence-electron chi connectivity index (χ1n) is 2.19. The van der Waals surface area contributed by atoms with Crippen LogP contribution in [0.3, 0.4) is 0 Å². The third-order valence-electron chi connectivity index (χ3n) is 0.746. The summed E-state index contributed by atoms with van der Waals surface area (Å²) in [4.78, 5) is 0. The maximum Gasteiger partial charge on any atom is 0.133 e. The van der Waals surface area contributed by atoms with Crippen molar-refractivity contribution in [2.45, 2.75) is 13.8 Å². The lowest BCUT2D eigenvalue weighted by Gasteiger charge is -1.65. The van der Waals surface area contributed by atoms with Crippen LogP contribution in [0.15, 0.2) is 10.6 Å². The summed E-state index contributed by atoms with van der Waals surface area (Å²) in [6.45, 7) is 3.77. The second-order valence-electron chi connectivity index (χ2n) is 1.58. The van der Waals surface area contributed by atoms with Gasteiger partial charge in [0.15, 0.2) is 0 Å². The van der Waals surface area contributed by atoms with E-state index in [-0.39, 0.29) is 6.15 Å². The number of hydrogen-bond donors (Lipinski definition) is 1. The molecule has 3 N–H and O–H groups in total. The largest absolute Gasteiger partial charge is 0.361 e. The van der Waals surface area contributed by atoms with E-state index in [1.807, 2.05) is 19.9 Å². The molecule has 0 aliphatic heterocycles. The monoisotopic (exact) mass is 114 g/mol. The van der Waals surface area contributed by atoms with Gasteiger partial charge in [0.25, 0.3) is 0 Å². The topological polar surface area (TPSA) is 61.0 Å². The summed E-state index contributed by atoms with van der Waals surface area (Å²) in [5, 5.41) is 3.64. The minimum Gasteiger partial charge on any atom is -0.361 e. The highest BCUT2D eigenvalue weighted by molar-refractivity contribution is 4.99. The smallest absolute Gasteiger partial charge is 0.133 e. The fourth-order valence-corrected chi connectivity index (χ4v) is 0.491. The average molecular weight is 114 g/mol. The van der Waals surface area contributed by atoms with Gasteiger partial charge >= 0.3 is 0 Å². The van der Waals surface area contributed by atoms with Crippen molar-refractivity contribution in [2.75, 3.05) is 0 Å². The van der Waals surface area contributed by atoms with Gasteiger partial charge in [-0.05, 0) is 13.8 Å². The number of nitrogens with zero attached hydrogens (tertiary/aromatic N) is 1. The van der Waals surface area contributed by atoms with Gasteiger partial charge < -0.3 is 10.7 Å². The van der Waals surface area contributed by atoms with E-state index < -0.39 is 0 Å². The third-order valence-corrected chi connectivity index (χ3v) is 0.746. The predicted octanol–water partition coefficient (Wildman–Crippen LogP) is 1.45. The van der Waals surface area contributed by atoms with Crippen LogP contribution in [0.2, 0.25) is 0 Å². The molecule has 3 nitrogen and oxygen atoms in total. The Balaban J connectivity index is 0.000000490. The first kappa shape index (κ1) is 7.17. The van der Waals surface area contributed by atoms with E-state index in [0.717, 1.165) is 11.5 Å². The van der Waals surface area contributed by atoms with Gasteiger partial charge in [-0.25, -0.2) is 0 Å². The lowest BCUT2D eigenvalue weighted by Crippen LogP contribution is -1.59. The molecular formula is C5H10N2O. The van der Waals surface area contributed by atoms with E-state index in [4.69, 9.17) is 4.52 Å². The molecule has 0 atom stereocenters. The van der Waals surface area contributed by atoms with Crippen molar-refractivity contribution in [1.82, 2.24) is 11.3 Å².